The molecule has 0 amide bonds. The zero-order chi connectivity index (χ0) is 10.5. The van der Waals surface area contributed by atoms with E-state index >= 15 is 0 Å². The molecular weight excluding hydrogens is 190 g/mol. The molecule has 0 spiro atoms. The maximum Gasteiger partial charge on any atom is 0.329 e. The number of benzene rings is 1. The van der Waals surface area contributed by atoms with Gasteiger partial charge >= 0.3 is 5.97 Å². The summed E-state index contributed by atoms with van der Waals surface area (Å²) in [5.74, 6) is -0.164. The molecule has 80 valence electrons. The Morgan fingerprint density at radius 2 is 1.87 bits per heavy atom. The number of hydrogen-bond acceptors (Lipinski definition) is 3. The molecule has 0 aromatic heterocycles. The second-order valence-corrected chi connectivity index (χ2v) is 3.76. The van der Waals surface area contributed by atoms with E-state index in [1.807, 2.05) is 30.3 Å². The summed E-state index contributed by atoms with van der Waals surface area (Å²) in [6, 6.07) is 9.67. The molecule has 1 saturated heterocycles. The lowest BCUT2D eigenvalue weighted by Crippen LogP contribution is -2.24. The predicted molar refractivity (Wildman–Crippen MR) is 57.0 cm³/mol. The Kier molecular flexibility index (Phi) is 3.35. The van der Waals surface area contributed by atoms with Crippen LogP contribution in [-0.2, 0) is 16.1 Å². The Balaban J connectivity index is 1.82. The first-order valence-electron chi connectivity index (χ1n) is 5.34. The average molecular weight is 205 g/mol. The molecule has 1 heterocycles. The van der Waals surface area contributed by atoms with Gasteiger partial charge in [0.2, 0.25) is 0 Å². The van der Waals surface area contributed by atoms with E-state index in [2.05, 4.69) is 0 Å². The molecule has 1 fully saturated rings. The van der Waals surface area contributed by atoms with Crippen LogP contribution < -0.4 is 0 Å². The van der Waals surface area contributed by atoms with E-state index in [1.54, 1.807) is 5.06 Å². The highest BCUT2D eigenvalue weighted by atomic mass is 16.7. The summed E-state index contributed by atoms with van der Waals surface area (Å²) in [5.41, 5.74) is 1.00. The fourth-order valence-corrected chi connectivity index (χ4v) is 1.72. The zero-order valence-corrected chi connectivity index (χ0v) is 8.69. The van der Waals surface area contributed by atoms with Crippen LogP contribution in [0.15, 0.2) is 30.3 Å². The molecule has 0 bridgehead atoms. The summed E-state index contributed by atoms with van der Waals surface area (Å²) in [6.07, 6.45) is 2.61. The zero-order valence-electron chi connectivity index (χ0n) is 8.69. The first-order valence-corrected chi connectivity index (χ1v) is 5.34. The van der Waals surface area contributed by atoms with Crippen LogP contribution in [0.4, 0.5) is 0 Å². The molecule has 2 rings (SSSR count). The Morgan fingerprint density at radius 3 is 2.53 bits per heavy atom. The van der Waals surface area contributed by atoms with Crippen LogP contribution >= 0.6 is 0 Å². The minimum Gasteiger partial charge on any atom is -0.368 e. The van der Waals surface area contributed by atoms with Crippen LogP contribution in [0.2, 0.25) is 0 Å². The van der Waals surface area contributed by atoms with Crippen molar-refractivity contribution in [1.29, 1.82) is 0 Å². The Morgan fingerprint density at radius 1 is 1.20 bits per heavy atom. The van der Waals surface area contributed by atoms with Crippen molar-refractivity contribution in [3.05, 3.63) is 35.9 Å². The first kappa shape index (κ1) is 10.2. The third kappa shape index (κ3) is 3.06. The fourth-order valence-electron chi connectivity index (χ4n) is 1.72. The number of hydrogen-bond donors (Lipinski definition) is 0. The lowest BCUT2D eigenvalue weighted by molar-refractivity contribution is -0.184. The average Bonchev–Trinajstić information content (AvgIpc) is 2.71. The second kappa shape index (κ2) is 4.94. The van der Waals surface area contributed by atoms with E-state index < -0.39 is 0 Å². The monoisotopic (exact) mass is 205 g/mol. The van der Waals surface area contributed by atoms with Crippen LogP contribution in [0.25, 0.3) is 0 Å². The molecule has 0 aliphatic carbocycles. The third-order valence-corrected chi connectivity index (χ3v) is 2.49. The molecule has 0 radical (unpaired) electrons. The number of nitrogens with zero attached hydrogens (tertiary/aromatic N) is 1. The standard InChI is InChI=1S/C12H15NO2/c14-12(15-13-8-4-5-9-13)10-11-6-2-1-3-7-11/h1-3,6-7H,4-5,8-10H2. The van der Waals surface area contributed by atoms with Crippen molar-refractivity contribution in [2.45, 2.75) is 19.3 Å². The first-order chi connectivity index (χ1) is 7.34. The van der Waals surface area contributed by atoms with Crippen LogP contribution in [0.1, 0.15) is 18.4 Å². The number of hydroxylamine groups is 2. The number of carbonyl (C=O) groups is 1. The van der Waals surface area contributed by atoms with Gasteiger partial charge in [-0.2, -0.15) is 0 Å². The fraction of sp³-hybridized carbons (Fsp3) is 0.417. The van der Waals surface area contributed by atoms with Crippen LogP contribution in [0.5, 0.6) is 0 Å². The van der Waals surface area contributed by atoms with E-state index in [1.165, 1.54) is 0 Å². The Labute approximate surface area is 89.6 Å². The van der Waals surface area contributed by atoms with E-state index in [0.717, 1.165) is 31.5 Å². The molecule has 0 N–H and O–H groups in total. The lowest BCUT2D eigenvalue weighted by Gasteiger charge is -2.13. The van der Waals surface area contributed by atoms with Crippen molar-refractivity contribution in [2.75, 3.05) is 13.1 Å². The second-order valence-electron chi connectivity index (χ2n) is 3.76. The van der Waals surface area contributed by atoms with Gasteiger partial charge in [0.15, 0.2) is 0 Å². The molecule has 1 aliphatic rings. The topological polar surface area (TPSA) is 29.5 Å². The predicted octanol–water partition coefficient (Wildman–Crippen LogP) is 1.78. The summed E-state index contributed by atoms with van der Waals surface area (Å²) in [6.45, 7) is 1.75. The molecule has 15 heavy (non-hydrogen) atoms. The van der Waals surface area contributed by atoms with E-state index in [-0.39, 0.29) is 5.97 Å². The maximum atomic E-state index is 11.5. The summed E-state index contributed by atoms with van der Waals surface area (Å²) in [5, 5.41) is 1.76. The molecule has 0 saturated carbocycles. The summed E-state index contributed by atoms with van der Waals surface area (Å²) < 4.78 is 0. The van der Waals surface area contributed by atoms with E-state index in [0.29, 0.717) is 6.42 Å². The largest absolute Gasteiger partial charge is 0.368 e. The van der Waals surface area contributed by atoms with Crippen LogP contribution in [0, 0.1) is 0 Å². The lowest BCUT2D eigenvalue weighted by atomic mass is 10.2. The number of rotatable bonds is 3. The van der Waals surface area contributed by atoms with Crippen molar-refractivity contribution in [2.24, 2.45) is 0 Å². The van der Waals surface area contributed by atoms with Crippen LogP contribution in [0.3, 0.4) is 0 Å². The smallest absolute Gasteiger partial charge is 0.329 e. The van der Waals surface area contributed by atoms with Gasteiger partial charge in [-0.1, -0.05) is 30.3 Å². The van der Waals surface area contributed by atoms with Gasteiger partial charge in [0.1, 0.15) is 0 Å². The summed E-state index contributed by atoms with van der Waals surface area (Å²) in [7, 11) is 0. The number of carbonyl (C=O) groups excluding carboxylic acids is 1. The molecule has 1 aromatic carbocycles. The van der Waals surface area contributed by atoms with Gasteiger partial charge in [-0.15, -0.1) is 5.06 Å². The van der Waals surface area contributed by atoms with Gasteiger partial charge in [-0.05, 0) is 18.4 Å². The Hall–Kier alpha value is -1.35. The minimum absolute atomic E-state index is 0.164. The van der Waals surface area contributed by atoms with Crippen molar-refractivity contribution in [3.8, 4) is 0 Å². The van der Waals surface area contributed by atoms with Gasteiger partial charge in [0.05, 0.1) is 6.42 Å². The maximum absolute atomic E-state index is 11.5. The van der Waals surface area contributed by atoms with Crippen molar-refractivity contribution < 1.29 is 9.63 Å². The van der Waals surface area contributed by atoms with E-state index in [9.17, 15) is 4.79 Å². The third-order valence-electron chi connectivity index (χ3n) is 2.49. The quantitative estimate of drug-likeness (QED) is 0.753. The molecule has 1 aromatic rings. The molecular formula is C12H15NO2. The molecule has 0 unspecified atom stereocenters. The van der Waals surface area contributed by atoms with Crippen LogP contribution in [-0.4, -0.2) is 24.1 Å². The van der Waals surface area contributed by atoms with Crippen molar-refractivity contribution in [1.82, 2.24) is 5.06 Å². The summed E-state index contributed by atoms with van der Waals surface area (Å²) >= 11 is 0. The molecule has 0 atom stereocenters. The van der Waals surface area contributed by atoms with Crippen molar-refractivity contribution >= 4 is 5.97 Å². The minimum atomic E-state index is -0.164. The highest BCUT2D eigenvalue weighted by Gasteiger charge is 2.16. The van der Waals surface area contributed by atoms with Gasteiger partial charge in [-0.3, -0.25) is 0 Å². The molecule has 3 heteroatoms. The van der Waals surface area contributed by atoms with Gasteiger partial charge in [-0.25, -0.2) is 4.79 Å². The molecule has 1 aliphatic heterocycles. The Bertz CT molecular complexity index is 318. The highest BCUT2D eigenvalue weighted by Crippen LogP contribution is 2.09. The van der Waals surface area contributed by atoms with Gasteiger partial charge < -0.3 is 4.84 Å². The normalized spacial score (nSPS) is 16.5. The SMILES string of the molecule is O=C(Cc1ccccc1)ON1CCCC1. The molecule has 3 nitrogen and oxygen atoms in total. The van der Waals surface area contributed by atoms with Crippen molar-refractivity contribution in [3.63, 3.8) is 0 Å². The summed E-state index contributed by atoms with van der Waals surface area (Å²) in [4.78, 5) is 16.7. The van der Waals surface area contributed by atoms with Gasteiger partial charge in [0.25, 0.3) is 0 Å². The van der Waals surface area contributed by atoms with Gasteiger partial charge in [0, 0.05) is 13.1 Å². The highest BCUT2D eigenvalue weighted by molar-refractivity contribution is 5.72. The van der Waals surface area contributed by atoms with E-state index in [4.69, 9.17) is 4.84 Å².